The predicted molar refractivity (Wildman–Crippen MR) is 82.2 cm³/mol. The number of aryl methyl sites for hydroxylation is 1. The summed E-state index contributed by atoms with van der Waals surface area (Å²) in [6, 6.07) is 9.87. The average molecular weight is 290 g/mol. The average Bonchev–Trinajstić information content (AvgIpc) is 2.84. The summed E-state index contributed by atoms with van der Waals surface area (Å²) in [5.74, 6) is 0.156. The summed E-state index contributed by atoms with van der Waals surface area (Å²) in [6.45, 7) is 4.15. The van der Waals surface area contributed by atoms with Crippen LogP contribution in [0.2, 0.25) is 0 Å². The van der Waals surface area contributed by atoms with Crippen LogP contribution >= 0.6 is 11.3 Å². The molecular formula is C15H18N2O2S. The monoisotopic (exact) mass is 290 g/mol. The molecule has 1 heterocycles. The van der Waals surface area contributed by atoms with E-state index >= 15 is 0 Å². The van der Waals surface area contributed by atoms with Gasteiger partial charge in [0.05, 0.1) is 6.04 Å². The summed E-state index contributed by atoms with van der Waals surface area (Å²) < 4.78 is 5.22. The topological polar surface area (TPSA) is 64.3 Å². The smallest absolute Gasteiger partial charge is 0.255 e. The lowest BCUT2D eigenvalue weighted by atomic mass is 10.2. The van der Waals surface area contributed by atoms with Gasteiger partial charge in [-0.3, -0.25) is 4.79 Å². The fraction of sp³-hybridized carbons (Fsp3) is 0.267. The third-order valence-corrected chi connectivity index (χ3v) is 4.12. The molecule has 0 bridgehead atoms. The van der Waals surface area contributed by atoms with E-state index < -0.39 is 5.91 Å². The van der Waals surface area contributed by atoms with Gasteiger partial charge in [0, 0.05) is 10.6 Å². The maximum atomic E-state index is 10.6. The third kappa shape index (κ3) is 3.74. The number of amides is 1. The molecule has 2 rings (SSSR count). The number of ether oxygens (including phenoxy) is 1. The highest BCUT2D eigenvalue weighted by Gasteiger charge is 2.09. The normalized spacial score (nSPS) is 11.9. The quantitative estimate of drug-likeness (QED) is 0.859. The van der Waals surface area contributed by atoms with Gasteiger partial charge in [-0.05, 0) is 55.1 Å². The lowest BCUT2D eigenvalue weighted by Crippen LogP contribution is -2.19. The van der Waals surface area contributed by atoms with Gasteiger partial charge in [-0.2, -0.15) is 0 Å². The van der Waals surface area contributed by atoms with Crippen molar-refractivity contribution in [2.45, 2.75) is 19.9 Å². The van der Waals surface area contributed by atoms with Gasteiger partial charge in [-0.1, -0.05) is 0 Å². The predicted octanol–water partition coefficient (Wildman–Crippen LogP) is 3.09. The highest BCUT2D eigenvalue weighted by molar-refractivity contribution is 7.10. The first-order chi connectivity index (χ1) is 9.56. The summed E-state index contributed by atoms with van der Waals surface area (Å²) >= 11 is 1.75. The van der Waals surface area contributed by atoms with Crippen LogP contribution in [0.25, 0.3) is 0 Å². The van der Waals surface area contributed by atoms with Crippen molar-refractivity contribution in [3.8, 4) is 5.75 Å². The number of primary amides is 1. The lowest BCUT2D eigenvalue weighted by molar-refractivity contribution is -0.119. The largest absolute Gasteiger partial charge is 0.484 e. The van der Waals surface area contributed by atoms with Gasteiger partial charge in [0.1, 0.15) is 5.75 Å². The van der Waals surface area contributed by atoms with E-state index in [1.807, 2.05) is 24.3 Å². The molecule has 1 aromatic carbocycles. The van der Waals surface area contributed by atoms with Gasteiger partial charge >= 0.3 is 0 Å². The molecule has 0 saturated carbocycles. The standard InChI is InChI=1S/C15H18N2O2S/c1-10-7-8-20-15(10)11(2)17-12-3-5-13(6-4-12)19-9-14(16)18/h3-8,11,17H,9H2,1-2H3,(H2,16,18). The van der Waals surface area contributed by atoms with Gasteiger partial charge in [-0.15, -0.1) is 11.3 Å². The third-order valence-electron chi connectivity index (χ3n) is 2.91. The van der Waals surface area contributed by atoms with Crippen LogP contribution in [-0.4, -0.2) is 12.5 Å². The number of carbonyl (C=O) groups is 1. The summed E-state index contributed by atoms with van der Waals surface area (Å²) in [5.41, 5.74) is 7.34. The first-order valence-electron chi connectivity index (χ1n) is 6.38. The minimum atomic E-state index is -0.478. The number of thiophene rings is 1. The lowest BCUT2D eigenvalue weighted by Gasteiger charge is -2.15. The molecule has 0 aliphatic carbocycles. The van der Waals surface area contributed by atoms with Crippen molar-refractivity contribution in [3.05, 3.63) is 46.2 Å². The summed E-state index contributed by atoms with van der Waals surface area (Å²) in [6.07, 6.45) is 0. The number of rotatable bonds is 6. The summed E-state index contributed by atoms with van der Waals surface area (Å²) in [7, 11) is 0. The van der Waals surface area contributed by atoms with Crippen molar-refractivity contribution >= 4 is 22.9 Å². The number of benzene rings is 1. The van der Waals surface area contributed by atoms with Crippen LogP contribution in [0.15, 0.2) is 35.7 Å². The molecule has 0 radical (unpaired) electrons. The maximum absolute atomic E-state index is 10.6. The van der Waals surface area contributed by atoms with Gasteiger partial charge in [0.2, 0.25) is 0 Å². The Morgan fingerprint density at radius 3 is 2.60 bits per heavy atom. The first kappa shape index (κ1) is 14.4. The van der Waals surface area contributed by atoms with Crippen LogP contribution in [-0.2, 0) is 4.79 Å². The van der Waals surface area contributed by atoms with E-state index in [4.69, 9.17) is 10.5 Å². The van der Waals surface area contributed by atoms with E-state index in [0.717, 1.165) is 5.69 Å². The van der Waals surface area contributed by atoms with Crippen LogP contribution in [0.4, 0.5) is 5.69 Å². The zero-order chi connectivity index (χ0) is 14.5. The van der Waals surface area contributed by atoms with E-state index in [1.54, 1.807) is 11.3 Å². The highest BCUT2D eigenvalue weighted by atomic mass is 32.1. The van der Waals surface area contributed by atoms with E-state index in [0.29, 0.717) is 5.75 Å². The highest BCUT2D eigenvalue weighted by Crippen LogP contribution is 2.27. The van der Waals surface area contributed by atoms with Crippen LogP contribution in [0.5, 0.6) is 5.75 Å². The molecule has 0 aliphatic rings. The summed E-state index contributed by atoms with van der Waals surface area (Å²) in [4.78, 5) is 12.0. The molecule has 0 fully saturated rings. The SMILES string of the molecule is Cc1ccsc1C(C)Nc1ccc(OCC(N)=O)cc1. The summed E-state index contributed by atoms with van der Waals surface area (Å²) in [5, 5.41) is 5.54. The van der Waals surface area contributed by atoms with Gasteiger partial charge in [0.15, 0.2) is 6.61 Å². The van der Waals surface area contributed by atoms with E-state index in [9.17, 15) is 4.79 Å². The Morgan fingerprint density at radius 1 is 1.35 bits per heavy atom. The van der Waals surface area contributed by atoms with Crippen molar-refractivity contribution in [1.29, 1.82) is 0 Å². The molecule has 4 nitrogen and oxygen atoms in total. The van der Waals surface area contributed by atoms with Crippen molar-refractivity contribution in [1.82, 2.24) is 0 Å². The molecule has 5 heteroatoms. The van der Waals surface area contributed by atoms with Crippen molar-refractivity contribution < 1.29 is 9.53 Å². The molecule has 3 N–H and O–H groups in total. The van der Waals surface area contributed by atoms with Crippen LogP contribution in [0.1, 0.15) is 23.4 Å². The number of hydrogen-bond acceptors (Lipinski definition) is 4. The molecule has 0 aliphatic heterocycles. The number of nitrogens with two attached hydrogens (primary N) is 1. The van der Waals surface area contributed by atoms with Crippen LogP contribution in [0.3, 0.4) is 0 Å². The molecule has 1 atom stereocenters. The second-order valence-electron chi connectivity index (χ2n) is 4.61. The fourth-order valence-corrected chi connectivity index (χ4v) is 2.88. The van der Waals surface area contributed by atoms with Crippen molar-refractivity contribution in [2.24, 2.45) is 5.73 Å². The maximum Gasteiger partial charge on any atom is 0.255 e. The van der Waals surface area contributed by atoms with Gasteiger partial charge in [0.25, 0.3) is 5.91 Å². The number of nitrogens with one attached hydrogen (secondary N) is 1. The van der Waals surface area contributed by atoms with E-state index in [1.165, 1.54) is 10.4 Å². The van der Waals surface area contributed by atoms with Gasteiger partial charge < -0.3 is 15.8 Å². The zero-order valence-corrected chi connectivity index (χ0v) is 12.4. The second kappa shape index (κ2) is 6.43. The molecule has 0 spiro atoms. The minimum absolute atomic E-state index is 0.0996. The first-order valence-corrected chi connectivity index (χ1v) is 7.26. The molecule has 106 valence electrons. The number of carbonyl (C=O) groups excluding carboxylic acids is 1. The fourth-order valence-electron chi connectivity index (χ4n) is 1.95. The molecule has 0 saturated heterocycles. The Morgan fingerprint density at radius 2 is 2.05 bits per heavy atom. The minimum Gasteiger partial charge on any atom is -0.484 e. The van der Waals surface area contributed by atoms with Gasteiger partial charge in [-0.25, -0.2) is 0 Å². The Bertz CT molecular complexity index is 578. The van der Waals surface area contributed by atoms with Crippen LogP contribution in [0, 0.1) is 6.92 Å². The molecule has 1 aromatic heterocycles. The molecular weight excluding hydrogens is 272 g/mol. The molecule has 1 amide bonds. The van der Waals surface area contributed by atoms with E-state index in [2.05, 4.69) is 30.6 Å². The Hall–Kier alpha value is -2.01. The Labute approximate surface area is 122 Å². The number of hydrogen-bond donors (Lipinski definition) is 2. The Kier molecular flexibility index (Phi) is 4.63. The Balaban J connectivity index is 1.97. The van der Waals surface area contributed by atoms with E-state index in [-0.39, 0.29) is 12.6 Å². The van der Waals surface area contributed by atoms with Crippen molar-refractivity contribution in [2.75, 3.05) is 11.9 Å². The molecule has 1 unspecified atom stereocenters. The van der Waals surface area contributed by atoms with Crippen molar-refractivity contribution in [3.63, 3.8) is 0 Å². The molecule has 20 heavy (non-hydrogen) atoms. The zero-order valence-electron chi connectivity index (χ0n) is 11.6. The number of anilines is 1. The van der Waals surface area contributed by atoms with Crippen LogP contribution < -0.4 is 15.8 Å². The molecule has 2 aromatic rings. The second-order valence-corrected chi connectivity index (χ2v) is 5.56.